The molecular formula is C56H44N2. The van der Waals surface area contributed by atoms with Crippen LogP contribution < -0.4 is 9.80 Å². The van der Waals surface area contributed by atoms with Crippen molar-refractivity contribution in [3.63, 3.8) is 0 Å². The van der Waals surface area contributed by atoms with E-state index in [9.17, 15) is 0 Å². The highest BCUT2D eigenvalue weighted by molar-refractivity contribution is 5.81. The summed E-state index contributed by atoms with van der Waals surface area (Å²) in [6.07, 6.45) is 16.8. The molecule has 8 aromatic rings. The highest BCUT2D eigenvalue weighted by atomic mass is 15.1. The molecule has 0 atom stereocenters. The standard InChI is InChI=1S/C56H44N2/c1-5-17-45(18-6-1)21-13-15-23-47-29-37-53(38-30-47)57(51-25-9-3-10-26-51)55-41-33-49(34-42-55)50-35-43-56(44-36-50)58(52-27-11-4-12-28-52)54-39-31-48(32-40-54)24-16-14-22-46-19-7-2-8-20-46/h1-44H/b21-13-,22-14+,23-15-,24-16+. The third-order valence-corrected chi connectivity index (χ3v) is 9.89. The van der Waals surface area contributed by atoms with Gasteiger partial charge in [0, 0.05) is 34.1 Å². The van der Waals surface area contributed by atoms with Crippen molar-refractivity contribution in [1.29, 1.82) is 0 Å². The first kappa shape index (κ1) is 37.3. The maximum Gasteiger partial charge on any atom is 0.0462 e. The molecule has 278 valence electrons. The van der Waals surface area contributed by atoms with Crippen molar-refractivity contribution >= 4 is 58.4 Å². The lowest BCUT2D eigenvalue weighted by Gasteiger charge is -2.26. The van der Waals surface area contributed by atoms with E-state index in [1.54, 1.807) is 0 Å². The molecule has 0 fully saturated rings. The lowest BCUT2D eigenvalue weighted by Crippen LogP contribution is -2.10. The second-order valence-corrected chi connectivity index (χ2v) is 13.9. The van der Waals surface area contributed by atoms with Crippen LogP contribution in [-0.4, -0.2) is 0 Å². The summed E-state index contributed by atoms with van der Waals surface area (Å²) < 4.78 is 0. The van der Waals surface area contributed by atoms with Crippen LogP contribution in [0, 0.1) is 0 Å². The zero-order chi connectivity index (χ0) is 39.2. The number of allylic oxidation sites excluding steroid dienone is 4. The third-order valence-electron chi connectivity index (χ3n) is 9.89. The zero-order valence-corrected chi connectivity index (χ0v) is 32.3. The van der Waals surface area contributed by atoms with Gasteiger partial charge in [0.05, 0.1) is 0 Å². The molecule has 0 aliphatic heterocycles. The van der Waals surface area contributed by atoms with E-state index in [1.165, 1.54) is 11.1 Å². The molecule has 0 aromatic heterocycles. The van der Waals surface area contributed by atoms with Gasteiger partial charge in [-0.25, -0.2) is 0 Å². The molecule has 0 aliphatic rings. The normalized spacial score (nSPS) is 11.5. The first-order chi connectivity index (χ1) is 28.8. The minimum absolute atomic E-state index is 1.10. The van der Waals surface area contributed by atoms with Crippen LogP contribution in [0.25, 0.3) is 35.4 Å². The summed E-state index contributed by atoms with van der Waals surface area (Å²) >= 11 is 0. The molecule has 0 heterocycles. The maximum atomic E-state index is 2.30. The molecule has 0 unspecified atom stereocenters. The maximum absolute atomic E-state index is 2.30. The van der Waals surface area contributed by atoms with Crippen molar-refractivity contribution < 1.29 is 0 Å². The number of rotatable bonds is 13. The van der Waals surface area contributed by atoms with E-state index in [0.29, 0.717) is 0 Å². The second kappa shape index (κ2) is 18.8. The van der Waals surface area contributed by atoms with Crippen LogP contribution in [-0.2, 0) is 0 Å². The summed E-state index contributed by atoms with van der Waals surface area (Å²) in [5.41, 5.74) is 13.6. The van der Waals surface area contributed by atoms with E-state index < -0.39 is 0 Å². The van der Waals surface area contributed by atoms with Gasteiger partial charge in [-0.05, 0) is 106 Å². The third kappa shape index (κ3) is 9.57. The molecular weight excluding hydrogens is 701 g/mol. The lowest BCUT2D eigenvalue weighted by molar-refractivity contribution is 1.28. The van der Waals surface area contributed by atoms with Crippen LogP contribution in [0.4, 0.5) is 34.1 Å². The van der Waals surface area contributed by atoms with Crippen LogP contribution in [0.15, 0.2) is 243 Å². The topological polar surface area (TPSA) is 6.48 Å². The Morgan fingerprint density at radius 3 is 0.724 bits per heavy atom. The van der Waals surface area contributed by atoms with Crippen molar-refractivity contribution in [2.45, 2.75) is 0 Å². The number of hydrogen-bond acceptors (Lipinski definition) is 2. The molecule has 0 aliphatic carbocycles. The van der Waals surface area contributed by atoms with E-state index in [4.69, 9.17) is 0 Å². The average molecular weight is 745 g/mol. The first-order valence-corrected chi connectivity index (χ1v) is 19.7. The Kier molecular flexibility index (Phi) is 12.1. The molecule has 0 saturated carbocycles. The molecule has 8 aromatic carbocycles. The molecule has 2 nitrogen and oxygen atoms in total. The Balaban J connectivity index is 0.994. The first-order valence-electron chi connectivity index (χ1n) is 19.7. The summed E-state index contributed by atoms with van der Waals surface area (Å²) in [5, 5.41) is 0. The number of nitrogens with zero attached hydrogens (tertiary/aromatic N) is 2. The molecule has 0 radical (unpaired) electrons. The van der Waals surface area contributed by atoms with E-state index in [2.05, 4.69) is 265 Å². The van der Waals surface area contributed by atoms with Gasteiger partial charge >= 0.3 is 0 Å². The van der Waals surface area contributed by atoms with Crippen molar-refractivity contribution in [3.8, 4) is 11.1 Å². The highest BCUT2D eigenvalue weighted by Crippen LogP contribution is 2.38. The van der Waals surface area contributed by atoms with E-state index in [1.807, 2.05) is 12.1 Å². The van der Waals surface area contributed by atoms with Crippen LogP contribution in [0.2, 0.25) is 0 Å². The lowest BCUT2D eigenvalue weighted by atomic mass is 10.0. The quantitative estimate of drug-likeness (QED) is 0.108. The van der Waals surface area contributed by atoms with Gasteiger partial charge in [0.15, 0.2) is 0 Å². The SMILES string of the molecule is C(/C=C\c1ccc(N(c2ccccc2)c2ccc(-c3ccc(N(c4ccccc4)c4ccc(/C=C/C=C/c5ccccc5)cc4)cc3)cc2)cc1)=C/c1ccccc1. The number of anilines is 6. The molecule has 0 bridgehead atoms. The van der Waals surface area contributed by atoms with Crippen LogP contribution in [0.1, 0.15) is 22.3 Å². The van der Waals surface area contributed by atoms with E-state index in [0.717, 1.165) is 56.4 Å². The van der Waals surface area contributed by atoms with Gasteiger partial charge in [0.25, 0.3) is 0 Å². The Labute approximate surface area is 343 Å². The van der Waals surface area contributed by atoms with E-state index in [-0.39, 0.29) is 0 Å². The van der Waals surface area contributed by atoms with E-state index >= 15 is 0 Å². The fourth-order valence-electron chi connectivity index (χ4n) is 6.92. The minimum atomic E-state index is 1.10. The number of hydrogen-bond donors (Lipinski definition) is 0. The van der Waals surface area contributed by atoms with Gasteiger partial charge < -0.3 is 9.80 Å². The number of para-hydroxylation sites is 2. The summed E-state index contributed by atoms with van der Waals surface area (Å²) in [4.78, 5) is 4.60. The Morgan fingerprint density at radius 1 is 0.207 bits per heavy atom. The molecule has 0 saturated heterocycles. The van der Waals surface area contributed by atoms with Gasteiger partial charge in [-0.2, -0.15) is 0 Å². The Hall–Kier alpha value is -7.68. The molecule has 2 heteroatoms. The Morgan fingerprint density at radius 2 is 0.431 bits per heavy atom. The van der Waals surface area contributed by atoms with Crippen LogP contribution in [0.3, 0.4) is 0 Å². The summed E-state index contributed by atoms with van der Waals surface area (Å²) in [6, 6.07) is 76.9. The minimum Gasteiger partial charge on any atom is -0.311 e. The predicted molar refractivity (Wildman–Crippen MR) is 250 cm³/mol. The van der Waals surface area contributed by atoms with Crippen molar-refractivity contribution in [1.82, 2.24) is 0 Å². The predicted octanol–water partition coefficient (Wildman–Crippen LogP) is 15.7. The van der Waals surface area contributed by atoms with Crippen LogP contribution in [0.5, 0.6) is 0 Å². The average Bonchev–Trinajstić information content (AvgIpc) is 3.30. The fraction of sp³-hybridized carbons (Fsp3) is 0. The van der Waals surface area contributed by atoms with Crippen molar-refractivity contribution in [2.75, 3.05) is 9.80 Å². The fourth-order valence-corrected chi connectivity index (χ4v) is 6.92. The number of benzene rings is 8. The monoisotopic (exact) mass is 744 g/mol. The van der Waals surface area contributed by atoms with Crippen molar-refractivity contribution in [2.24, 2.45) is 0 Å². The molecule has 58 heavy (non-hydrogen) atoms. The smallest absolute Gasteiger partial charge is 0.0462 e. The molecule has 8 rings (SSSR count). The molecule has 0 N–H and O–H groups in total. The van der Waals surface area contributed by atoms with Crippen LogP contribution >= 0.6 is 0 Å². The Bertz CT molecular complexity index is 2400. The summed E-state index contributed by atoms with van der Waals surface area (Å²) in [5.74, 6) is 0. The van der Waals surface area contributed by atoms with Gasteiger partial charge in [0.1, 0.15) is 0 Å². The van der Waals surface area contributed by atoms with Gasteiger partial charge in [-0.15, -0.1) is 0 Å². The largest absolute Gasteiger partial charge is 0.311 e. The van der Waals surface area contributed by atoms with Gasteiger partial charge in [-0.3, -0.25) is 0 Å². The summed E-state index contributed by atoms with van der Waals surface area (Å²) in [6.45, 7) is 0. The highest BCUT2D eigenvalue weighted by Gasteiger charge is 2.14. The second-order valence-electron chi connectivity index (χ2n) is 13.9. The van der Waals surface area contributed by atoms with Crippen molar-refractivity contribution in [3.05, 3.63) is 265 Å². The zero-order valence-electron chi connectivity index (χ0n) is 32.3. The summed E-state index contributed by atoms with van der Waals surface area (Å²) in [7, 11) is 0. The van der Waals surface area contributed by atoms with Gasteiger partial charge in [0.2, 0.25) is 0 Å². The molecule has 0 amide bonds. The molecule has 0 spiro atoms. The van der Waals surface area contributed by atoms with Gasteiger partial charge in [-0.1, -0.05) is 194 Å².